The molecule has 0 amide bonds. The van der Waals surface area contributed by atoms with Crippen LogP contribution in [-0.2, 0) is 0 Å². The van der Waals surface area contributed by atoms with Crippen molar-refractivity contribution < 1.29 is 0 Å². The molecule has 0 aliphatic heterocycles. The van der Waals surface area contributed by atoms with Crippen LogP contribution in [0.5, 0.6) is 0 Å². The highest BCUT2D eigenvalue weighted by molar-refractivity contribution is 4.87. The molecule has 0 aromatic heterocycles. The van der Waals surface area contributed by atoms with E-state index < -0.39 is 0 Å². The summed E-state index contributed by atoms with van der Waals surface area (Å²) in [5.41, 5.74) is 1.32. The Labute approximate surface area is 90.0 Å². The van der Waals surface area contributed by atoms with E-state index in [9.17, 15) is 0 Å². The zero-order chi connectivity index (χ0) is 10.8. The van der Waals surface area contributed by atoms with Crippen LogP contribution in [0.3, 0.4) is 0 Å². The molecule has 84 valence electrons. The largest absolute Gasteiger partial charge is 0.314 e. The van der Waals surface area contributed by atoms with Gasteiger partial charge in [0.1, 0.15) is 0 Å². The number of nitrogens with one attached hydrogen (secondary N) is 1. The predicted molar refractivity (Wildman–Crippen MR) is 65.7 cm³/mol. The van der Waals surface area contributed by atoms with Gasteiger partial charge < -0.3 is 5.32 Å². The van der Waals surface area contributed by atoms with Gasteiger partial charge in [-0.1, -0.05) is 25.8 Å². The highest BCUT2D eigenvalue weighted by Crippen LogP contribution is 2.09. The molecule has 14 heavy (non-hydrogen) atoms. The molecule has 1 atom stereocenters. The zero-order valence-corrected chi connectivity index (χ0v) is 10.2. The van der Waals surface area contributed by atoms with Crippen LogP contribution in [0.4, 0.5) is 0 Å². The molecule has 0 saturated carbocycles. The topological polar surface area (TPSA) is 12.0 Å². The Hall–Kier alpha value is -0.300. The van der Waals surface area contributed by atoms with E-state index in [1.165, 1.54) is 50.6 Å². The van der Waals surface area contributed by atoms with Crippen LogP contribution in [0, 0.1) is 0 Å². The maximum atomic E-state index is 3.93. The summed E-state index contributed by atoms with van der Waals surface area (Å²) in [5, 5.41) is 3.58. The molecule has 0 saturated heterocycles. The van der Waals surface area contributed by atoms with Gasteiger partial charge in [-0.3, -0.25) is 0 Å². The lowest BCUT2D eigenvalue weighted by molar-refractivity contribution is 0.449. The quantitative estimate of drug-likeness (QED) is 0.436. The molecule has 0 aromatic carbocycles. The maximum absolute atomic E-state index is 3.93. The van der Waals surface area contributed by atoms with Crippen LogP contribution in [0.15, 0.2) is 12.2 Å². The first-order valence-electron chi connectivity index (χ1n) is 6.08. The van der Waals surface area contributed by atoms with E-state index in [4.69, 9.17) is 0 Å². The summed E-state index contributed by atoms with van der Waals surface area (Å²) >= 11 is 0. The van der Waals surface area contributed by atoms with Crippen LogP contribution < -0.4 is 5.32 Å². The number of rotatable bonds is 9. The first-order valence-corrected chi connectivity index (χ1v) is 6.08. The lowest BCUT2D eigenvalue weighted by atomic mass is 10.0. The lowest BCUT2D eigenvalue weighted by Crippen LogP contribution is -2.28. The van der Waals surface area contributed by atoms with E-state index in [0.717, 1.165) is 6.04 Å². The van der Waals surface area contributed by atoms with Crippen molar-refractivity contribution in [1.82, 2.24) is 5.32 Å². The monoisotopic (exact) mass is 197 g/mol. The Morgan fingerprint density at radius 2 is 2.00 bits per heavy atom. The third kappa shape index (κ3) is 8.31. The fourth-order valence-electron chi connectivity index (χ4n) is 1.62. The minimum Gasteiger partial charge on any atom is -0.314 e. The Morgan fingerprint density at radius 3 is 2.50 bits per heavy atom. The maximum Gasteiger partial charge on any atom is 0.00644 e. The van der Waals surface area contributed by atoms with Crippen LogP contribution in [0.2, 0.25) is 0 Å². The fourth-order valence-corrected chi connectivity index (χ4v) is 1.62. The van der Waals surface area contributed by atoms with Gasteiger partial charge >= 0.3 is 0 Å². The molecular formula is C13H27N. The Bertz CT molecular complexity index is 140. The molecule has 0 rings (SSSR count). The van der Waals surface area contributed by atoms with Crippen molar-refractivity contribution in [3.05, 3.63) is 12.2 Å². The standard InChI is InChI=1S/C13H27N/c1-5-11-14-13(6-2)10-8-7-9-12(3)4/h13-14H,3,5-11H2,1-2,4H3. The van der Waals surface area contributed by atoms with E-state index >= 15 is 0 Å². The van der Waals surface area contributed by atoms with Crippen LogP contribution in [0.25, 0.3) is 0 Å². The normalized spacial score (nSPS) is 12.8. The predicted octanol–water partition coefficient (Wildman–Crippen LogP) is 3.90. The smallest absolute Gasteiger partial charge is 0.00644 e. The first kappa shape index (κ1) is 13.7. The molecule has 0 spiro atoms. The van der Waals surface area contributed by atoms with Crippen molar-refractivity contribution in [3.8, 4) is 0 Å². The second-order valence-corrected chi connectivity index (χ2v) is 4.26. The molecule has 0 aromatic rings. The third-order valence-electron chi connectivity index (χ3n) is 2.58. The number of unbranched alkanes of at least 4 members (excludes halogenated alkanes) is 1. The average molecular weight is 197 g/mol. The third-order valence-corrected chi connectivity index (χ3v) is 2.58. The minimum atomic E-state index is 0.736. The van der Waals surface area contributed by atoms with Gasteiger partial charge in [0.25, 0.3) is 0 Å². The van der Waals surface area contributed by atoms with Gasteiger partial charge in [-0.2, -0.15) is 0 Å². The molecule has 1 heteroatoms. The Kier molecular flexibility index (Phi) is 9.06. The first-order chi connectivity index (χ1) is 6.70. The number of hydrogen-bond donors (Lipinski definition) is 1. The zero-order valence-electron chi connectivity index (χ0n) is 10.2. The summed E-state index contributed by atoms with van der Waals surface area (Å²) in [4.78, 5) is 0. The van der Waals surface area contributed by atoms with Crippen molar-refractivity contribution in [2.45, 2.75) is 65.3 Å². The van der Waals surface area contributed by atoms with Crippen LogP contribution in [0.1, 0.15) is 59.3 Å². The van der Waals surface area contributed by atoms with Gasteiger partial charge in [0.05, 0.1) is 0 Å². The van der Waals surface area contributed by atoms with Crippen molar-refractivity contribution in [1.29, 1.82) is 0 Å². The lowest BCUT2D eigenvalue weighted by Gasteiger charge is -2.16. The fraction of sp³-hybridized carbons (Fsp3) is 0.846. The Balaban J connectivity index is 3.37. The van der Waals surface area contributed by atoms with Gasteiger partial charge in [-0.05, 0) is 45.6 Å². The van der Waals surface area contributed by atoms with E-state index in [1.807, 2.05) is 0 Å². The van der Waals surface area contributed by atoms with E-state index in [-0.39, 0.29) is 0 Å². The summed E-state index contributed by atoms with van der Waals surface area (Å²) in [6, 6.07) is 0.736. The average Bonchev–Trinajstić information content (AvgIpc) is 2.16. The van der Waals surface area contributed by atoms with Gasteiger partial charge in [0, 0.05) is 6.04 Å². The summed E-state index contributed by atoms with van der Waals surface area (Å²) < 4.78 is 0. The molecule has 1 unspecified atom stereocenters. The SMILES string of the molecule is C=C(C)CCCCC(CC)NCCC. The van der Waals surface area contributed by atoms with Crippen molar-refractivity contribution >= 4 is 0 Å². The summed E-state index contributed by atoms with van der Waals surface area (Å²) in [6.07, 6.45) is 7.66. The van der Waals surface area contributed by atoms with E-state index in [0.29, 0.717) is 0 Å². The van der Waals surface area contributed by atoms with Crippen LogP contribution in [-0.4, -0.2) is 12.6 Å². The highest BCUT2D eigenvalue weighted by Gasteiger charge is 2.03. The van der Waals surface area contributed by atoms with Gasteiger partial charge in [0.2, 0.25) is 0 Å². The van der Waals surface area contributed by atoms with E-state index in [1.54, 1.807) is 0 Å². The number of allylic oxidation sites excluding steroid dienone is 1. The van der Waals surface area contributed by atoms with Crippen LogP contribution >= 0.6 is 0 Å². The molecule has 0 bridgehead atoms. The van der Waals surface area contributed by atoms with E-state index in [2.05, 4.69) is 32.7 Å². The molecule has 0 fully saturated rings. The highest BCUT2D eigenvalue weighted by atomic mass is 14.9. The molecule has 0 radical (unpaired) electrons. The van der Waals surface area contributed by atoms with Gasteiger partial charge in [-0.15, -0.1) is 6.58 Å². The number of hydrogen-bond acceptors (Lipinski definition) is 1. The molecule has 0 aliphatic rings. The Morgan fingerprint density at radius 1 is 1.29 bits per heavy atom. The summed E-state index contributed by atoms with van der Waals surface area (Å²) in [7, 11) is 0. The molecule has 1 nitrogen and oxygen atoms in total. The van der Waals surface area contributed by atoms with Crippen molar-refractivity contribution in [3.63, 3.8) is 0 Å². The summed E-state index contributed by atoms with van der Waals surface area (Å²) in [5.74, 6) is 0. The minimum absolute atomic E-state index is 0.736. The van der Waals surface area contributed by atoms with Gasteiger partial charge in [-0.25, -0.2) is 0 Å². The summed E-state index contributed by atoms with van der Waals surface area (Å²) in [6.45, 7) is 11.7. The molecular weight excluding hydrogens is 170 g/mol. The molecule has 0 heterocycles. The van der Waals surface area contributed by atoms with Crippen molar-refractivity contribution in [2.75, 3.05) is 6.54 Å². The van der Waals surface area contributed by atoms with Gasteiger partial charge in [0.15, 0.2) is 0 Å². The second-order valence-electron chi connectivity index (χ2n) is 4.26. The van der Waals surface area contributed by atoms with Crippen molar-refractivity contribution in [2.24, 2.45) is 0 Å². The molecule has 0 aliphatic carbocycles. The second kappa shape index (κ2) is 9.26. The molecule has 1 N–H and O–H groups in total.